The van der Waals surface area contributed by atoms with Crippen LogP contribution in [0.3, 0.4) is 0 Å². The number of carbonyl (C=O) groups is 1. The molecule has 1 saturated carbocycles. The molecular formula is C14H14N8O. The van der Waals surface area contributed by atoms with E-state index >= 15 is 0 Å². The third-order valence-electron chi connectivity index (χ3n) is 3.59. The fraction of sp³-hybridized carbons (Fsp3) is 0.286. The summed E-state index contributed by atoms with van der Waals surface area (Å²) in [6, 6.07) is 1.80. The van der Waals surface area contributed by atoms with E-state index in [1.54, 1.807) is 24.7 Å². The van der Waals surface area contributed by atoms with Crippen molar-refractivity contribution in [2.24, 2.45) is 0 Å². The first-order chi connectivity index (χ1) is 11.3. The lowest BCUT2D eigenvalue weighted by atomic mass is 10.2. The zero-order chi connectivity index (χ0) is 15.6. The van der Waals surface area contributed by atoms with Gasteiger partial charge < -0.3 is 5.32 Å². The number of hydrogen-bond donors (Lipinski definition) is 3. The highest BCUT2D eigenvalue weighted by atomic mass is 16.1. The maximum Gasteiger partial charge on any atom is 0.272 e. The predicted octanol–water partition coefficient (Wildman–Crippen LogP) is 0.792. The monoisotopic (exact) mass is 310 g/mol. The summed E-state index contributed by atoms with van der Waals surface area (Å²) in [6.45, 7) is 0.234. The molecular weight excluding hydrogens is 296 g/mol. The Morgan fingerprint density at radius 2 is 2.17 bits per heavy atom. The van der Waals surface area contributed by atoms with E-state index < -0.39 is 0 Å². The molecule has 1 fully saturated rings. The van der Waals surface area contributed by atoms with Crippen molar-refractivity contribution in [2.75, 3.05) is 0 Å². The predicted molar refractivity (Wildman–Crippen MR) is 79.1 cm³/mol. The SMILES string of the molecule is O=C(NCc1nc(-c2cnccn2)n[nH]1)c1cc(C2CC2)[nH]n1. The second-order valence-corrected chi connectivity index (χ2v) is 5.36. The summed E-state index contributed by atoms with van der Waals surface area (Å²) in [5.41, 5.74) is 1.99. The number of aromatic amines is 2. The Balaban J connectivity index is 1.38. The minimum Gasteiger partial charge on any atom is -0.343 e. The van der Waals surface area contributed by atoms with Gasteiger partial charge in [0.15, 0.2) is 0 Å². The van der Waals surface area contributed by atoms with Crippen LogP contribution in [0, 0.1) is 0 Å². The minimum absolute atomic E-state index is 0.234. The molecule has 0 spiro atoms. The van der Waals surface area contributed by atoms with Gasteiger partial charge in [0.1, 0.15) is 17.2 Å². The number of amides is 1. The average molecular weight is 310 g/mol. The van der Waals surface area contributed by atoms with Gasteiger partial charge in [0, 0.05) is 24.0 Å². The molecule has 1 aliphatic carbocycles. The molecule has 116 valence electrons. The summed E-state index contributed by atoms with van der Waals surface area (Å²) >= 11 is 0. The van der Waals surface area contributed by atoms with Crippen LogP contribution in [-0.2, 0) is 6.54 Å². The van der Waals surface area contributed by atoms with Crippen molar-refractivity contribution in [2.45, 2.75) is 25.3 Å². The van der Waals surface area contributed by atoms with E-state index in [2.05, 4.69) is 40.7 Å². The number of aromatic nitrogens is 7. The molecule has 0 atom stereocenters. The second-order valence-electron chi connectivity index (χ2n) is 5.36. The van der Waals surface area contributed by atoms with Gasteiger partial charge in [-0.1, -0.05) is 0 Å². The highest BCUT2D eigenvalue weighted by molar-refractivity contribution is 5.92. The van der Waals surface area contributed by atoms with Crippen LogP contribution in [0.4, 0.5) is 0 Å². The normalized spacial score (nSPS) is 13.9. The molecule has 9 heteroatoms. The fourth-order valence-electron chi connectivity index (χ4n) is 2.21. The van der Waals surface area contributed by atoms with Gasteiger partial charge in [-0.3, -0.25) is 20.0 Å². The molecule has 4 rings (SSSR count). The van der Waals surface area contributed by atoms with E-state index in [4.69, 9.17) is 0 Å². The van der Waals surface area contributed by atoms with Crippen molar-refractivity contribution in [3.8, 4) is 11.5 Å². The number of nitrogens with one attached hydrogen (secondary N) is 3. The Morgan fingerprint density at radius 1 is 1.26 bits per heavy atom. The van der Waals surface area contributed by atoms with Crippen molar-refractivity contribution < 1.29 is 4.79 Å². The molecule has 3 aromatic rings. The van der Waals surface area contributed by atoms with Crippen molar-refractivity contribution >= 4 is 5.91 Å². The highest BCUT2D eigenvalue weighted by Crippen LogP contribution is 2.38. The van der Waals surface area contributed by atoms with Crippen LogP contribution in [0.15, 0.2) is 24.7 Å². The van der Waals surface area contributed by atoms with E-state index in [1.807, 2.05) is 0 Å². The van der Waals surface area contributed by atoms with Crippen molar-refractivity contribution in [3.63, 3.8) is 0 Å². The van der Waals surface area contributed by atoms with Crippen molar-refractivity contribution in [1.82, 2.24) is 40.7 Å². The molecule has 0 unspecified atom stereocenters. The Kier molecular flexibility index (Phi) is 3.30. The Bertz CT molecular complexity index is 820. The molecule has 3 aromatic heterocycles. The van der Waals surface area contributed by atoms with Crippen molar-refractivity contribution in [3.05, 3.63) is 41.9 Å². The maximum absolute atomic E-state index is 12.1. The van der Waals surface area contributed by atoms with E-state index in [9.17, 15) is 4.79 Å². The summed E-state index contributed by atoms with van der Waals surface area (Å²) in [4.78, 5) is 24.4. The fourth-order valence-corrected chi connectivity index (χ4v) is 2.21. The molecule has 23 heavy (non-hydrogen) atoms. The van der Waals surface area contributed by atoms with Crippen LogP contribution in [0.1, 0.15) is 40.8 Å². The summed E-state index contributed by atoms with van der Waals surface area (Å²) in [6.07, 6.45) is 7.05. The van der Waals surface area contributed by atoms with Gasteiger partial charge in [-0.2, -0.15) is 10.2 Å². The zero-order valence-electron chi connectivity index (χ0n) is 12.2. The van der Waals surface area contributed by atoms with Crippen molar-refractivity contribution in [1.29, 1.82) is 0 Å². The van der Waals surface area contributed by atoms with E-state index in [0.29, 0.717) is 29.0 Å². The lowest BCUT2D eigenvalue weighted by Crippen LogP contribution is -2.23. The lowest BCUT2D eigenvalue weighted by molar-refractivity contribution is 0.0945. The van der Waals surface area contributed by atoms with Gasteiger partial charge in [0.05, 0.1) is 12.7 Å². The van der Waals surface area contributed by atoms with Gasteiger partial charge in [-0.15, -0.1) is 0 Å². The molecule has 3 N–H and O–H groups in total. The number of nitrogens with zero attached hydrogens (tertiary/aromatic N) is 5. The first kappa shape index (κ1) is 13.6. The van der Waals surface area contributed by atoms with Crippen LogP contribution in [0.2, 0.25) is 0 Å². The van der Waals surface area contributed by atoms with Gasteiger partial charge in [0.25, 0.3) is 5.91 Å². The quantitative estimate of drug-likeness (QED) is 0.640. The first-order valence-electron chi connectivity index (χ1n) is 7.31. The standard InChI is InChI=1S/C14H14N8O/c23-14(10-5-9(19-20-10)8-1-2-8)17-7-12-18-13(22-21-12)11-6-15-3-4-16-11/h3-6,8H,1-2,7H2,(H,17,23)(H,19,20)(H,18,21,22). The number of hydrogen-bond acceptors (Lipinski definition) is 6. The molecule has 3 heterocycles. The zero-order valence-corrected chi connectivity index (χ0v) is 12.2. The van der Waals surface area contributed by atoms with Crippen LogP contribution in [-0.4, -0.2) is 41.3 Å². The molecule has 9 nitrogen and oxygen atoms in total. The van der Waals surface area contributed by atoms with Gasteiger partial charge in [0.2, 0.25) is 5.82 Å². The third-order valence-corrected chi connectivity index (χ3v) is 3.59. The molecule has 0 aromatic carbocycles. The van der Waals surface area contributed by atoms with Gasteiger partial charge in [-0.25, -0.2) is 9.97 Å². The van der Waals surface area contributed by atoms with Crippen LogP contribution in [0.5, 0.6) is 0 Å². The van der Waals surface area contributed by atoms with Gasteiger partial charge in [-0.05, 0) is 18.9 Å². The third kappa shape index (κ3) is 2.93. The second kappa shape index (κ2) is 5.59. The Morgan fingerprint density at radius 3 is 2.96 bits per heavy atom. The molecule has 0 radical (unpaired) electrons. The Hall–Kier alpha value is -3.10. The largest absolute Gasteiger partial charge is 0.343 e. The van der Waals surface area contributed by atoms with Crippen LogP contribution in [0.25, 0.3) is 11.5 Å². The Labute approximate surface area is 131 Å². The summed E-state index contributed by atoms with van der Waals surface area (Å²) in [5, 5.41) is 16.5. The smallest absolute Gasteiger partial charge is 0.272 e. The van der Waals surface area contributed by atoms with E-state index in [1.165, 1.54) is 0 Å². The summed E-state index contributed by atoms with van der Waals surface area (Å²) < 4.78 is 0. The topological polar surface area (TPSA) is 125 Å². The van der Waals surface area contributed by atoms with E-state index in [-0.39, 0.29) is 12.5 Å². The minimum atomic E-state index is -0.245. The molecule has 1 amide bonds. The van der Waals surface area contributed by atoms with Crippen LogP contribution >= 0.6 is 0 Å². The van der Waals surface area contributed by atoms with E-state index in [0.717, 1.165) is 18.5 Å². The number of rotatable bonds is 5. The van der Waals surface area contributed by atoms with Gasteiger partial charge >= 0.3 is 0 Å². The molecule has 0 bridgehead atoms. The average Bonchev–Trinajstić information content (AvgIpc) is 3.14. The lowest BCUT2D eigenvalue weighted by Gasteiger charge is -1.98. The molecule has 1 aliphatic rings. The summed E-state index contributed by atoms with van der Waals surface area (Å²) in [5.74, 6) is 1.27. The van der Waals surface area contributed by atoms with Crippen LogP contribution < -0.4 is 5.32 Å². The number of H-pyrrole nitrogens is 2. The molecule has 0 saturated heterocycles. The first-order valence-corrected chi connectivity index (χ1v) is 7.31. The highest BCUT2D eigenvalue weighted by Gasteiger charge is 2.26. The molecule has 0 aliphatic heterocycles. The maximum atomic E-state index is 12.1. The number of carbonyl (C=O) groups excluding carboxylic acids is 1. The summed E-state index contributed by atoms with van der Waals surface area (Å²) in [7, 11) is 0.